The molecule has 154 valence electrons. The van der Waals surface area contributed by atoms with Gasteiger partial charge in [-0.3, -0.25) is 9.78 Å². The summed E-state index contributed by atoms with van der Waals surface area (Å²) < 4.78 is 39.1. The van der Waals surface area contributed by atoms with Gasteiger partial charge in [-0.25, -0.2) is 8.42 Å². The molecule has 2 aliphatic rings. The molecule has 29 heavy (non-hydrogen) atoms. The number of hydrogen-bond donors (Lipinski definition) is 0. The van der Waals surface area contributed by atoms with E-state index in [0.717, 1.165) is 0 Å². The van der Waals surface area contributed by atoms with Crippen molar-refractivity contribution < 1.29 is 22.7 Å². The first kappa shape index (κ1) is 19.8. The summed E-state index contributed by atoms with van der Waals surface area (Å²) in [5.41, 5.74) is 0. The minimum atomic E-state index is -3.84. The van der Waals surface area contributed by atoms with E-state index in [4.69, 9.17) is 9.47 Å². The number of amides is 1. The van der Waals surface area contributed by atoms with Crippen molar-refractivity contribution >= 4 is 15.9 Å². The number of ether oxygens (including phenoxy) is 2. The molecule has 0 spiro atoms. The molecule has 1 aromatic heterocycles. The van der Waals surface area contributed by atoms with Crippen molar-refractivity contribution in [2.45, 2.75) is 23.5 Å². The first-order chi connectivity index (χ1) is 14.1. The third kappa shape index (κ3) is 4.26. The van der Waals surface area contributed by atoms with Crippen molar-refractivity contribution in [1.29, 1.82) is 0 Å². The van der Waals surface area contributed by atoms with Crippen molar-refractivity contribution in [3.63, 3.8) is 0 Å². The van der Waals surface area contributed by atoms with E-state index < -0.39 is 22.2 Å². The number of carbonyl (C=O) groups excluding carboxylic acids is 1. The predicted octanol–water partition coefficient (Wildman–Crippen LogP) is 1.15. The number of rotatable bonds is 5. The molecule has 2 fully saturated rings. The molecule has 0 aliphatic carbocycles. The second kappa shape index (κ2) is 8.48. The summed E-state index contributed by atoms with van der Waals surface area (Å²) in [7, 11) is -3.84. The Hall–Kier alpha value is -2.49. The van der Waals surface area contributed by atoms with Gasteiger partial charge in [0.05, 0.1) is 30.9 Å². The average Bonchev–Trinajstić information content (AvgIpc) is 3.20. The lowest BCUT2D eigenvalue weighted by atomic mass is 10.1. The fraction of sp³-hybridized carbons (Fsp3) is 0.400. The van der Waals surface area contributed by atoms with Crippen molar-refractivity contribution in [1.82, 2.24) is 14.2 Å². The minimum absolute atomic E-state index is 0.104. The number of sulfonamides is 1. The molecule has 1 aromatic carbocycles. The summed E-state index contributed by atoms with van der Waals surface area (Å²) in [5, 5.41) is 0. The molecule has 2 aromatic rings. The van der Waals surface area contributed by atoms with Gasteiger partial charge >= 0.3 is 0 Å². The van der Waals surface area contributed by atoms with Crippen LogP contribution in [0.1, 0.15) is 6.42 Å². The van der Waals surface area contributed by atoms with Crippen molar-refractivity contribution in [2.75, 3.05) is 32.8 Å². The summed E-state index contributed by atoms with van der Waals surface area (Å²) in [5.74, 6) is 0.346. The number of nitrogens with zero attached hydrogens (tertiary/aromatic N) is 3. The molecule has 0 unspecified atom stereocenters. The van der Waals surface area contributed by atoms with Gasteiger partial charge in [0.15, 0.2) is 0 Å². The molecule has 2 saturated heterocycles. The predicted molar refractivity (Wildman–Crippen MR) is 105 cm³/mol. The van der Waals surface area contributed by atoms with Gasteiger partial charge in [0.25, 0.3) is 0 Å². The van der Waals surface area contributed by atoms with E-state index in [2.05, 4.69) is 4.98 Å². The minimum Gasteiger partial charge on any atom is -0.487 e. The highest BCUT2D eigenvalue weighted by Gasteiger charge is 2.46. The van der Waals surface area contributed by atoms with Crippen LogP contribution in [0.2, 0.25) is 0 Å². The van der Waals surface area contributed by atoms with Gasteiger partial charge in [-0.1, -0.05) is 18.2 Å². The van der Waals surface area contributed by atoms with Gasteiger partial charge in [-0.05, 0) is 24.3 Å². The van der Waals surface area contributed by atoms with Crippen LogP contribution in [-0.4, -0.2) is 73.5 Å². The Morgan fingerprint density at radius 1 is 1.10 bits per heavy atom. The van der Waals surface area contributed by atoms with Crippen LogP contribution >= 0.6 is 0 Å². The van der Waals surface area contributed by atoms with Crippen LogP contribution in [0.4, 0.5) is 0 Å². The number of carbonyl (C=O) groups is 1. The largest absolute Gasteiger partial charge is 0.487 e. The molecule has 4 rings (SSSR count). The molecule has 8 nitrogen and oxygen atoms in total. The fourth-order valence-electron chi connectivity index (χ4n) is 3.68. The Labute approximate surface area is 170 Å². The van der Waals surface area contributed by atoms with E-state index in [1.54, 1.807) is 59.8 Å². The summed E-state index contributed by atoms with van der Waals surface area (Å²) in [6.07, 6.45) is 3.07. The second-order valence-corrected chi connectivity index (χ2v) is 8.90. The van der Waals surface area contributed by atoms with E-state index in [9.17, 15) is 13.2 Å². The molecule has 3 heterocycles. The standard InChI is InChI=1S/C20H23N3O5S/c24-20(22-9-11-27-12-10-22)19-13-17(28-16-5-4-8-21-14-16)15-23(19)29(25,26)18-6-2-1-3-7-18/h1-8,14,17,19H,9-13,15H2/t17-,19+/m0/s1. The zero-order valence-corrected chi connectivity index (χ0v) is 16.7. The lowest BCUT2D eigenvalue weighted by molar-refractivity contribution is -0.138. The Balaban J connectivity index is 1.61. The number of hydrogen-bond acceptors (Lipinski definition) is 6. The van der Waals surface area contributed by atoms with Crippen LogP contribution in [0.3, 0.4) is 0 Å². The van der Waals surface area contributed by atoms with E-state index >= 15 is 0 Å². The van der Waals surface area contributed by atoms with Crippen molar-refractivity contribution in [3.8, 4) is 5.75 Å². The van der Waals surface area contributed by atoms with Gasteiger partial charge in [0.2, 0.25) is 15.9 Å². The van der Waals surface area contributed by atoms with Crippen LogP contribution < -0.4 is 4.74 Å². The lowest BCUT2D eigenvalue weighted by Gasteiger charge is -2.31. The quantitative estimate of drug-likeness (QED) is 0.725. The van der Waals surface area contributed by atoms with Crippen LogP contribution in [0.25, 0.3) is 0 Å². The number of benzene rings is 1. The third-order valence-corrected chi connectivity index (χ3v) is 7.00. The fourth-order valence-corrected chi connectivity index (χ4v) is 5.32. The molecule has 2 aliphatic heterocycles. The number of aromatic nitrogens is 1. The maximum Gasteiger partial charge on any atom is 0.243 e. The summed E-state index contributed by atoms with van der Waals surface area (Å²) in [6, 6.07) is 10.9. The maximum absolute atomic E-state index is 13.3. The highest BCUT2D eigenvalue weighted by atomic mass is 32.2. The van der Waals surface area contributed by atoms with Crippen LogP contribution in [0, 0.1) is 0 Å². The Morgan fingerprint density at radius 2 is 1.86 bits per heavy atom. The van der Waals surface area contributed by atoms with Gasteiger partial charge in [-0.15, -0.1) is 0 Å². The maximum atomic E-state index is 13.3. The van der Waals surface area contributed by atoms with Gasteiger partial charge in [-0.2, -0.15) is 4.31 Å². The molecule has 0 N–H and O–H groups in total. The zero-order valence-electron chi connectivity index (χ0n) is 15.9. The van der Waals surface area contributed by atoms with Gasteiger partial charge < -0.3 is 14.4 Å². The Kier molecular flexibility index (Phi) is 5.79. The number of pyridine rings is 1. The lowest BCUT2D eigenvalue weighted by Crippen LogP contribution is -2.50. The van der Waals surface area contributed by atoms with Crippen LogP contribution in [0.5, 0.6) is 5.75 Å². The highest BCUT2D eigenvalue weighted by molar-refractivity contribution is 7.89. The van der Waals surface area contributed by atoms with E-state index in [1.165, 1.54) is 4.31 Å². The molecule has 1 amide bonds. The third-order valence-electron chi connectivity index (χ3n) is 5.11. The molecular formula is C20H23N3O5S. The highest BCUT2D eigenvalue weighted by Crippen LogP contribution is 2.30. The van der Waals surface area contributed by atoms with E-state index in [1.807, 2.05) is 0 Å². The first-order valence-corrected chi connectivity index (χ1v) is 11.0. The normalized spacial score (nSPS) is 23.1. The van der Waals surface area contributed by atoms with Crippen molar-refractivity contribution in [3.05, 3.63) is 54.9 Å². The Morgan fingerprint density at radius 3 is 2.55 bits per heavy atom. The van der Waals surface area contributed by atoms with E-state index in [-0.39, 0.29) is 23.8 Å². The zero-order chi connectivity index (χ0) is 20.3. The SMILES string of the molecule is O=C([C@H]1C[C@H](Oc2cccnc2)CN1S(=O)(=O)c1ccccc1)N1CCOCC1. The first-order valence-electron chi connectivity index (χ1n) is 9.56. The van der Waals surface area contributed by atoms with Crippen LogP contribution in [-0.2, 0) is 19.6 Å². The summed E-state index contributed by atoms with van der Waals surface area (Å²) in [6.45, 7) is 1.94. The smallest absolute Gasteiger partial charge is 0.243 e. The molecule has 9 heteroatoms. The van der Waals surface area contributed by atoms with Crippen LogP contribution in [0.15, 0.2) is 59.8 Å². The molecule has 0 saturated carbocycles. The molecule has 2 atom stereocenters. The molecular weight excluding hydrogens is 394 g/mol. The topological polar surface area (TPSA) is 89.0 Å². The molecule has 0 radical (unpaired) electrons. The Bertz CT molecular complexity index is 933. The summed E-state index contributed by atoms with van der Waals surface area (Å²) in [4.78, 5) is 19.0. The monoisotopic (exact) mass is 417 g/mol. The van der Waals surface area contributed by atoms with E-state index in [0.29, 0.717) is 32.1 Å². The summed E-state index contributed by atoms with van der Waals surface area (Å²) >= 11 is 0. The van der Waals surface area contributed by atoms with Gasteiger partial charge in [0.1, 0.15) is 17.9 Å². The average molecular weight is 417 g/mol. The molecule has 0 bridgehead atoms. The van der Waals surface area contributed by atoms with Crippen molar-refractivity contribution in [2.24, 2.45) is 0 Å². The number of morpholine rings is 1. The van der Waals surface area contributed by atoms with Gasteiger partial charge in [0, 0.05) is 25.7 Å². The second-order valence-electron chi connectivity index (χ2n) is 7.01.